The van der Waals surface area contributed by atoms with Gasteiger partial charge in [0.2, 0.25) is 11.8 Å². The number of carbonyl (C=O) groups excluding carboxylic acids is 2. The van der Waals surface area contributed by atoms with Crippen LogP contribution in [-0.4, -0.2) is 56.9 Å². The Kier molecular flexibility index (Phi) is 7.35. The molecule has 2 unspecified atom stereocenters. The Morgan fingerprint density at radius 3 is 2.30 bits per heavy atom. The Balaban J connectivity index is 1.45. The zero-order valence-corrected chi connectivity index (χ0v) is 24.5. The summed E-state index contributed by atoms with van der Waals surface area (Å²) < 4.78 is 29.8. The lowest BCUT2D eigenvalue weighted by Gasteiger charge is -2.42. The van der Waals surface area contributed by atoms with Gasteiger partial charge >= 0.3 is 0 Å². The molecule has 0 bridgehead atoms. The number of sulfonamides is 1. The maximum atomic E-state index is 14.3. The number of amides is 2. The van der Waals surface area contributed by atoms with Gasteiger partial charge in [0.05, 0.1) is 22.7 Å². The van der Waals surface area contributed by atoms with E-state index in [1.165, 1.54) is 5.56 Å². The second kappa shape index (κ2) is 10.6. The van der Waals surface area contributed by atoms with Crippen molar-refractivity contribution in [2.24, 2.45) is 0 Å². The van der Waals surface area contributed by atoms with Crippen LogP contribution in [0.5, 0.6) is 0 Å². The van der Waals surface area contributed by atoms with Gasteiger partial charge < -0.3 is 15.1 Å². The number of piperazine rings is 1. The van der Waals surface area contributed by atoms with E-state index in [1.807, 2.05) is 25.1 Å². The Morgan fingerprint density at radius 2 is 1.62 bits per heavy atom. The van der Waals surface area contributed by atoms with E-state index < -0.39 is 22.0 Å². The highest BCUT2D eigenvalue weighted by atomic mass is 32.2. The Labute approximate surface area is 236 Å². The van der Waals surface area contributed by atoms with Gasteiger partial charge in [-0.15, -0.1) is 0 Å². The van der Waals surface area contributed by atoms with Crippen LogP contribution in [0.3, 0.4) is 0 Å². The molecular weight excluding hydrogens is 524 g/mol. The summed E-state index contributed by atoms with van der Waals surface area (Å²) in [5, 5.41) is 2.83. The second-order valence-electron chi connectivity index (χ2n) is 11.0. The number of rotatable bonds is 5. The summed E-state index contributed by atoms with van der Waals surface area (Å²) in [5.74, 6) is -0.752. The monoisotopic (exact) mass is 560 g/mol. The number of para-hydroxylation sites is 2. The van der Waals surface area contributed by atoms with E-state index in [0.29, 0.717) is 42.1 Å². The maximum Gasteiger partial charge on any atom is 0.265 e. The van der Waals surface area contributed by atoms with Crippen LogP contribution in [-0.2, 0) is 19.6 Å². The fraction of sp³-hybridized carbons (Fsp3) is 0.355. The van der Waals surface area contributed by atoms with E-state index in [9.17, 15) is 18.0 Å². The molecule has 40 heavy (non-hydrogen) atoms. The third-order valence-corrected chi connectivity index (χ3v) is 9.92. The third-order valence-electron chi connectivity index (χ3n) is 7.79. The number of hydrogen-bond acceptors (Lipinski definition) is 5. The minimum Gasteiger partial charge on any atom is -0.365 e. The molecule has 210 valence electrons. The molecule has 5 rings (SSSR count). The summed E-state index contributed by atoms with van der Waals surface area (Å²) in [6.45, 7) is 11.2. The van der Waals surface area contributed by atoms with Gasteiger partial charge in [0, 0.05) is 31.4 Å². The lowest BCUT2D eigenvalue weighted by molar-refractivity contribution is -0.134. The number of fused-ring (bicyclic) bond motifs is 1. The zero-order chi connectivity index (χ0) is 28.8. The lowest BCUT2D eigenvalue weighted by atomic mass is 10.1. The van der Waals surface area contributed by atoms with Crippen molar-refractivity contribution in [3.8, 4) is 0 Å². The largest absolute Gasteiger partial charge is 0.365 e. The molecule has 1 fully saturated rings. The SMILES string of the molecule is Cc1cccc(N2CCN(C(=O)CC3C(=O)Nc4ccccc4N3S(=O)(=O)c3c(C)cc(C)cc3C)CC2C)c1. The second-order valence-corrected chi connectivity index (χ2v) is 12.7. The molecular formula is C31H36N4O4S. The van der Waals surface area contributed by atoms with E-state index >= 15 is 0 Å². The smallest absolute Gasteiger partial charge is 0.265 e. The van der Waals surface area contributed by atoms with Crippen LogP contribution in [0.25, 0.3) is 0 Å². The molecule has 3 aromatic carbocycles. The molecule has 0 aliphatic carbocycles. The van der Waals surface area contributed by atoms with Gasteiger partial charge in [0.25, 0.3) is 10.0 Å². The minimum atomic E-state index is -4.18. The van der Waals surface area contributed by atoms with Crippen molar-refractivity contribution in [2.45, 2.75) is 58.0 Å². The molecule has 1 N–H and O–H groups in total. The first-order chi connectivity index (χ1) is 19.0. The molecule has 2 aliphatic rings. The molecule has 0 spiro atoms. The number of hydrogen-bond donors (Lipinski definition) is 1. The molecule has 8 nitrogen and oxygen atoms in total. The van der Waals surface area contributed by atoms with Gasteiger partial charge in [-0.3, -0.25) is 13.9 Å². The fourth-order valence-corrected chi connectivity index (χ4v) is 8.13. The summed E-state index contributed by atoms with van der Waals surface area (Å²) in [6, 6.07) is 17.6. The molecule has 0 saturated carbocycles. The molecule has 0 radical (unpaired) electrons. The summed E-state index contributed by atoms with van der Waals surface area (Å²) in [4.78, 5) is 31.3. The zero-order valence-electron chi connectivity index (χ0n) is 23.6. The summed E-state index contributed by atoms with van der Waals surface area (Å²) >= 11 is 0. The molecule has 3 aromatic rings. The highest BCUT2D eigenvalue weighted by molar-refractivity contribution is 7.93. The molecule has 0 aromatic heterocycles. The van der Waals surface area contributed by atoms with Crippen LogP contribution in [0.4, 0.5) is 17.1 Å². The minimum absolute atomic E-state index is 0.0677. The van der Waals surface area contributed by atoms with Crippen LogP contribution >= 0.6 is 0 Å². The summed E-state index contributed by atoms with van der Waals surface area (Å²) in [5.41, 5.74) is 5.21. The lowest BCUT2D eigenvalue weighted by Crippen LogP contribution is -2.57. The number of benzene rings is 3. The predicted octanol–water partition coefficient (Wildman–Crippen LogP) is 4.56. The van der Waals surface area contributed by atoms with Gasteiger partial charge in [-0.25, -0.2) is 8.42 Å². The molecule has 2 atom stereocenters. The van der Waals surface area contributed by atoms with E-state index in [2.05, 4.69) is 42.3 Å². The van der Waals surface area contributed by atoms with Crippen molar-refractivity contribution >= 4 is 38.9 Å². The Morgan fingerprint density at radius 1 is 0.925 bits per heavy atom. The van der Waals surface area contributed by atoms with Gasteiger partial charge in [0.15, 0.2) is 0 Å². The van der Waals surface area contributed by atoms with Gasteiger partial charge in [-0.05, 0) is 75.6 Å². The fourth-order valence-electron chi connectivity index (χ4n) is 6.08. The normalized spacial score (nSPS) is 19.3. The Bertz CT molecular complexity index is 1560. The first-order valence-corrected chi connectivity index (χ1v) is 15.0. The molecule has 2 aliphatic heterocycles. The third kappa shape index (κ3) is 5.06. The predicted molar refractivity (Wildman–Crippen MR) is 158 cm³/mol. The van der Waals surface area contributed by atoms with E-state index in [4.69, 9.17) is 0 Å². The van der Waals surface area contributed by atoms with Crippen LogP contribution in [0.15, 0.2) is 65.6 Å². The van der Waals surface area contributed by atoms with Gasteiger partial charge in [-0.1, -0.05) is 42.0 Å². The first-order valence-electron chi connectivity index (χ1n) is 13.6. The summed E-state index contributed by atoms with van der Waals surface area (Å²) in [6.07, 6.45) is -0.249. The highest BCUT2D eigenvalue weighted by Gasteiger charge is 2.44. The first kappa shape index (κ1) is 27.7. The summed E-state index contributed by atoms with van der Waals surface area (Å²) in [7, 11) is -4.18. The van der Waals surface area contributed by atoms with E-state index in [1.54, 1.807) is 43.0 Å². The highest BCUT2D eigenvalue weighted by Crippen LogP contribution is 2.39. The van der Waals surface area contributed by atoms with Gasteiger partial charge in [-0.2, -0.15) is 0 Å². The van der Waals surface area contributed by atoms with Crippen molar-refractivity contribution in [3.63, 3.8) is 0 Å². The standard InChI is InChI=1S/C31H36N4O4S/c1-20-9-8-10-25(17-20)34-14-13-33(19-24(34)5)29(36)18-28-31(37)32-26-11-6-7-12-27(26)35(28)40(38,39)30-22(3)15-21(2)16-23(30)4/h6-12,15-17,24,28H,13-14,18-19H2,1-5H3,(H,32,37). The van der Waals surface area contributed by atoms with Crippen molar-refractivity contribution in [1.82, 2.24) is 4.90 Å². The number of carbonyl (C=O) groups is 2. The van der Waals surface area contributed by atoms with Crippen molar-refractivity contribution in [1.29, 1.82) is 0 Å². The van der Waals surface area contributed by atoms with Crippen LogP contribution in [0.2, 0.25) is 0 Å². The Hall–Kier alpha value is -3.85. The average Bonchev–Trinajstić information content (AvgIpc) is 2.88. The van der Waals surface area contributed by atoms with E-state index in [-0.39, 0.29) is 23.3 Å². The van der Waals surface area contributed by atoms with Crippen LogP contribution < -0.4 is 14.5 Å². The van der Waals surface area contributed by atoms with Crippen molar-refractivity contribution < 1.29 is 18.0 Å². The van der Waals surface area contributed by atoms with Crippen LogP contribution in [0.1, 0.15) is 35.6 Å². The van der Waals surface area contributed by atoms with Gasteiger partial charge in [0.1, 0.15) is 6.04 Å². The quantitative estimate of drug-likeness (QED) is 0.494. The number of nitrogens with zero attached hydrogens (tertiary/aromatic N) is 3. The average molecular weight is 561 g/mol. The maximum absolute atomic E-state index is 14.3. The molecule has 9 heteroatoms. The number of aryl methyl sites for hydroxylation is 4. The number of anilines is 3. The molecule has 1 saturated heterocycles. The van der Waals surface area contributed by atoms with Crippen molar-refractivity contribution in [2.75, 3.05) is 34.2 Å². The number of nitrogens with one attached hydrogen (secondary N) is 1. The molecule has 2 heterocycles. The topological polar surface area (TPSA) is 90.0 Å². The van der Waals surface area contributed by atoms with E-state index in [0.717, 1.165) is 15.6 Å². The van der Waals surface area contributed by atoms with Crippen molar-refractivity contribution in [3.05, 3.63) is 82.9 Å². The molecule has 2 amide bonds. The van der Waals surface area contributed by atoms with Crippen LogP contribution in [0, 0.1) is 27.7 Å².